The fourth-order valence-electron chi connectivity index (χ4n) is 4.70. The molecule has 1 N–H and O–H groups in total. The molecule has 1 aliphatic heterocycles. The maximum Gasteiger partial charge on any atom is 0.273 e. The zero-order valence-corrected chi connectivity index (χ0v) is 22.3. The number of alkyl halides is 2. The summed E-state index contributed by atoms with van der Waals surface area (Å²) in [5.41, 5.74) is -0.0722. The molecule has 7 nitrogen and oxygen atoms in total. The van der Waals surface area contributed by atoms with Gasteiger partial charge in [0.25, 0.3) is 5.92 Å². The summed E-state index contributed by atoms with van der Waals surface area (Å²) in [6, 6.07) is 6.65. The van der Waals surface area contributed by atoms with Crippen LogP contribution in [0, 0.1) is 12.7 Å². The Hall–Kier alpha value is -3.13. The van der Waals surface area contributed by atoms with Crippen LogP contribution in [0.1, 0.15) is 43.8 Å². The number of hydrogen-bond acceptors (Lipinski definition) is 6. The maximum absolute atomic E-state index is 15.0. The van der Waals surface area contributed by atoms with Crippen molar-refractivity contribution in [1.29, 1.82) is 0 Å². The first-order valence-corrected chi connectivity index (χ1v) is 14.1. The van der Waals surface area contributed by atoms with Gasteiger partial charge in [0.15, 0.2) is 0 Å². The van der Waals surface area contributed by atoms with E-state index in [4.69, 9.17) is 4.74 Å². The standard InChI is InChI=1S/C26H30F3N4O3P/c1-15(18-7-6-8-20(24(18)27)26(4,28)29)30-25-19-13-23(22(36-5)14-21(19)31-16(2)32-25)37(35)11-9-33(10-12-37)17(3)34/h6-8,13-15H,9-12H2,1-5H3,(H,30,31,32)/t15-/m1/s1. The van der Waals surface area contributed by atoms with Crippen LogP contribution in [0.4, 0.5) is 19.0 Å². The zero-order chi connectivity index (χ0) is 27.1. The van der Waals surface area contributed by atoms with E-state index in [0.29, 0.717) is 65.9 Å². The van der Waals surface area contributed by atoms with E-state index in [-0.39, 0.29) is 11.5 Å². The van der Waals surface area contributed by atoms with Gasteiger partial charge in [-0.05, 0) is 19.9 Å². The summed E-state index contributed by atoms with van der Waals surface area (Å²) < 4.78 is 62.4. The van der Waals surface area contributed by atoms with Crippen LogP contribution in [-0.2, 0) is 15.3 Å². The van der Waals surface area contributed by atoms with Gasteiger partial charge in [-0.3, -0.25) is 4.79 Å². The molecule has 1 aromatic heterocycles. The van der Waals surface area contributed by atoms with Gasteiger partial charge in [-0.1, -0.05) is 18.2 Å². The average molecular weight is 535 g/mol. The van der Waals surface area contributed by atoms with E-state index in [0.717, 1.165) is 6.07 Å². The van der Waals surface area contributed by atoms with Crippen molar-refractivity contribution < 1.29 is 27.3 Å². The first kappa shape index (κ1) is 26.9. The van der Waals surface area contributed by atoms with E-state index < -0.39 is 30.5 Å². The molecule has 1 amide bonds. The molecule has 198 valence electrons. The molecule has 2 heterocycles. The van der Waals surface area contributed by atoms with E-state index in [9.17, 15) is 18.1 Å². The fourth-order valence-corrected chi connectivity index (χ4v) is 7.46. The molecule has 11 heteroatoms. The number of halogens is 3. The fraction of sp³-hybridized carbons (Fsp3) is 0.423. The van der Waals surface area contributed by atoms with Crippen LogP contribution in [0.15, 0.2) is 30.3 Å². The van der Waals surface area contributed by atoms with Gasteiger partial charge in [-0.15, -0.1) is 0 Å². The van der Waals surface area contributed by atoms with Gasteiger partial charge in [0, 0.05) is 56.3 Å². The highest BCUT2D eigenvalue weighted by Crippen LogP contribution is 2.49. The summed E-state index contributed by atoms with van der Waals surface area (Å²) in [5.74, 6) is -3.12. The Kier molecular flexibility index (Phi) is 7.25. The molecule has 1 atom stereocenters. The van der Waals surface area contributed by atoms with Gasteiger partial charge in [-0.2, -0.15) is 0 Å². The zero-order valence-electron chi connectivity index (χ0n) is 21.4. The van der Waals surface area contributed by atoms with Crippen LogP contribution >= 0.6 is 7.14 Å². The minimum Gasteiger partial charge on any atom is -0.496 e. The monoisotopic (exact) mass is 534 g/mol. The minimum atomic E-state index is -3.33. The second-order valence-electron chi connectivity index (χ2n) is 9.47. The molecular weight excluding hydrogens is 504 g/mol. The summed E-state index contributed by atoms with van der Waals surface area (Å²) >= 11 is 0. The topological polar surface area (TPSA) is 84.4 Å². The number of anilines is 1. The molecule has 2 aromatic carbocycles. The van der Waals surface area contributed by atoms with Crippen molar-refractivity contribution in [3.05, 3.63) is 53.1 Å². The van der Waals surface area contributed by atoms with Crippen LogP contribution in [-0.4, -0.2) is 53.3 Å². The third-order valence-corrected chi connectivity index (χ3v) is 9.85. The highest BCUT2D eigenvalue weighted by atomic mass is 31.2. The normalized spacial score (nSPS) is 16.5. The third kappa shape index (κ3) is 5.30. The first-order valence-electron chi connectivity index (χ1n) is 12.0. The van der Waals surface area contributed by atoms with E-state index in [1.165, 1.54) is 26.2 Å². The summed E-state index contributed by atoms with van der Waals surface area (Å²) in [5, 5.41) is 4.23. The van der Waals surface area contributed by atoms with Crippen LogP contribution < -0.4 is 15.4 Å². The number of nitrogens with zero attached hydrogens (tertiary/aromatic N) is 3. The van der Waals surface area contributed by atoms with Crippen LogP contribution in [0.25, 0.3) is 10.9 Å². The van der Waals surface area contributed by atoms with Crippen molar-refractivity contribution >= 4 is 35.1 Å². The number of aryl methyl sites for hydroxylation is 1. The van der Waals surface area contributed by atoms with Gasteiger partial charge in [0.2, 0.25) is 5.91 Å². The molecule has 3 aromatic rings. The molecule has 37 heavy (non-hydrogen) atoms. The highest BCUT2D eigenvalue weighted by Gasteiger charge is 2.35. The van der Waals surface area contributed by atoms with E-state index in [2.05, 4.69) is 15.3 Å². The number of nitrogens with one attached hydrogen (secondary N) is 1. The lowest BCUT2D eigenvalue weighted by molar-refractivity contribution is -0.128. The number of amides is 1. The van der Waals surface area contributed by atoms with Crippen LogP contribution in [0.3, 0.4) is 0 Å². The number of methoxy groups -OCH3 is 1. The number of hydrogen-bond donors (Lipinski definition) is 1. The number of ether oxygens (including phenoxy) is 1. The Labute approximate surface area is 213 Å². The van der Waals surface area contributed by atoms with Crippen LogP contribution in [0.2, 0.25) is 0 Å². The number of carbonyl (C=O) groups excluding carboxylic acids is 1. The molecule has 1 aliphatic rings. The largest absolute Gasteiger partial charge is 0.496 e. The van der Waals surface area contributed by atoms with Crippen molar-refractivity contribution in [1.82, 2.24) is 14.9 Å². The SMILES string of the molecule is COc1cc2nc(C)nc(N[C@H](C)c3cccc(C(C)(F)F)c3F)c2cc1P1(=O)CCN(C(C)=O)CC1. The van der Waals surface area contributed by atoms with Crippen molar-refractivity contribution in [2.45, 2.75) is 39.7 Å². The summed E-state index contributed by atoms with van der Waals surface area (Å²) in [4.78, 5) is 22.4. The van der Waals surface area contributed by atoms with Gasteiger partial charge in [0.05, 0.1) is 29.5 Å². The van der Waals surface area contributed by atoms with Gasteiger partial charge < -0.3 is 19.5 Å². The molecule has 0 unspecified atom stereocenters. The Morgan fingerprint density at radius 2 is 1.89 bits per heavy atom. The van der Waals surface area contributed by atoms with Gasteiger partial charge >= 0.3 is 0 Å². The second kappa shape index (κ2) is 9.97. The van der Waals surface area contributed by atoms with E-state index in [1.807, 2.05) is 0 Å². The number of carbonyl (C=O) groups is 1. The van der Waals surface area contributed by atoms with Gasteiger partial charge in [0.1, 0.15) is 30.4 Å². The quantitative estimate of drug-likeness (QED) is 0.437. The van der Waals surface area contributed by atoms with Crippen molar-refractivity contribution in [3.8, 4) is 5.75 Å². The van der Waals surface area contributed by atoms with Crippen molar-refractivity contribution in [3.63, 3.8) is 0 Å². The summed E-state index contributed by atoms with van der Waals surface area (Å²) in [7, 11) is -1.41. The Bertz CT molecular complexity index is 1400. The Morgan fingerprint density at radius 3 is 2.49 bits per heavy atom. The lowest BCUT2D eigenvalue weighted by atomic mass is 10.0. The number of aromatic nitrogens is 2. The molecule has 0 saturated carbocycles. The molecule has 0 bridgehead atoms. The van der Waals surface area contributed by atoms with Crippen molar-refractivity contribution in [2.75, 3.05) is 37.8 Å². The lowest BCUT2D eigenvalue weighted by Crippen LogP contribution is -2.40. The highest BCUT2D eigenvalue weighted by molar-refractivity contribution is 7.72. The van der Waals surface area contributed by atoms with Crippen molar-refractivity contribution in [2.24, 2.45) is 0 Å². The Balaban J connectivity index is 1.77. The first-order chi connectivity index (χ1) is 17.3. The maximum atomic E-state index is 15.0. The predicted molar refractivity (Wildman–Crippen MR) is 138 cm³/mol. The molecule has 0 radical (unpaired) electrons. The molecule has 0 aliphatic carbocycles. The molecular formula is C26H30F3N4O3P. The average Bonchev–Trinajstić information content (AvgIpc) is 2.82. The second-order valence-corrected chi connectivity index (χ2v) is 12.6. The number of fused-ring (bicyclic) bond motifs is 1. The summed E-state index contributed by atoms with van der Waals surface area (Å²) in [6.07, 6.45) is 0.646. The van der Waals surface area contributed by atoms with Crippen LogP contribution in [0.5, 0.6) is 5.75 Å². The van der Waals surface area contributed by atoms with E-state index in [1.54, 1.807) is 30.9 Å². The molecule has 0 spiro atoms. The number of benzene rings is 2. The number of rotatable bonds is 6. The molecule has 1 fully saturated rings. The predicted octanol–water partition coefficient (Wildman–Crippen LogP) is 5.22. The third-order valence-electron chi connectivity index (χ3n) is 6.78. The van der Waals surface area contributed by atoms with Gasteiger partial charge in [-0.25, -0.2) is 23.1 Å². The smallest absolute Gasteiger partial charge is 0.273 e. The summed E-state index contributed by atoms with van der Waals surface area (Å²) in [6.45, 7) is 6.28. The molecule has 1 saturated heterocycles. The Morgan fingerprint density at radius 1 is 1.22 bits per heavy atom. The molecule has 4 rings (SSSR count). The minimum absolute atomic E-state index is 0.0572. The van der Waals surface area contributed by atoms with E-state index >= 15 is 4.39 Å². The lowest BCUT2D eigenvalue weighted by Gasteiger charge is -2.32.